The smallest absolute Gasteiger partial charge is 0.421 e. The van der Waals surface area contributed by atoms with Crippen molar-refractivity contribution in [2.45, 2.75) is 85.0 Å². The molecule has 1 unspecified atom stereocenters. The summed E-state index contributed by atoms with van der Waals surface area (Å²) in [6.45, 7) is 12.1. The second-order valence-corrected chi connectivity index (χ2v) is 12.5. The van der Waals surface area contributed by atoms with E-state index in [2.05, 4.69) is 15.6 Å². The normalized spacial score (nSPS) is 13.2. The summed E-state index contributed by atoms with van der Waals surface area (Å²) in [5.74, 6) is -2.25. The van der Waals surface area contributed by atoms with E-state index < -0.39 is 59.6 Å². The molecule has 1 aliphatic rings. The summed E-state index contributed by atoms with van der Waals surface area (Å²) >= 11 is 0. The number of amides is 4. The van der Waals surface area contributed by atoms with Gasteiger partial charge < -0.3 is 24.4 Å². The number of nitrogens with zero attached hydrogens (tertiary/aromatic N) is 3. The minimum atomic E-state index is -0.942. The van der Waals surface area contributed by atoms with Gasteiger partial charge in [-0.3, -0.25) is 30.1 Å². The molecule has 3 N–H and O–H groups in total. The lowest BCUT2D eigenvalue weighted by molar-refractivity contribution is -0.143. The lowest BCUT2D eigenvalue weighted by Gasteiger charge is -2.29. The van der Waals surface area contributed by atoms with Gasteiger partial charge in [-0.25, -0.2) is 14.5 Å². The second kappa shape index (κ2) is 14.8. The van der Waals surface area contributed by atoms with Gasteiger partial charge in [-0.15, -0.1) is 0 Å². The van der Waals surface area contributed by atoms with Gasteiger partial charge in [0.2, 0.25) is 17.8 Å². The van der Waals surface area contributed by atoms with Crippen molar-refractivity contribution < 1.29 is 38.2 Å². The van der Waals surface area contributed by atoms with E-state index in [0.717, 1.165) is 10.5 Å². The fourth-order valence-corrected chi connectivity index (χ4v) is 4.55. The molecule has 0 bridgehead atoms. The molecular formula is C32H42N6O8. The summed E-state index contributed by atoms with van der Waals surface area (Å²) in [6, 6.07) is 7.43. The highest BCUT2D eigenvalue weighted by Gasteiger charge is 2.32. The molecule has 0 saturated heterocycles. The summed E-state index contributed by atoms with van der Waals surface area (Å²) < 4.78 is 15.8. The van der Waals surface area contributed by atoms with Crippen molar-refractivity contribution >= 4 is 47.3 Å². The average Bonchev–Trinajstić information content (AvgIpc) is 3.35. The number of ether oxygens (including phenoxy) is 3. The Morgan fingerprint density at radius 1 is 1.04 bits per heavy atom. The molecule has 14 nitrogen and oxygen atoms in total. The van der Waals surface area contributed by atoms with Gasteiger partial charge in [0.05, 0.1) is 24.8 Å². The van der Waals surface area contributed by atoms with Gasteiger partial charge in [0.1, 0.15) is 17.6 Å². The van der Waals surface area contributed by atoms with E-state index in [1.165, 1.54) is 17.2 Å². The van der Waals surface area contributed by atoms with Crippen LogP contribution in [0.3, 0.4) is 0 Å². The minimum absolute atomic E-state index is 0.140. The van der Waals surface area contributed by atoms with Crippen LogP contribution in [0.15, 0.2) is 42.7 Å². The molecule has 2 heterocycles. The van der Waals surface area contributed by atoms with Crippen molar-refractivity contribution in [1.29, 1.82) is 5.41 Å². The topological polar surface area (TPSA) is 180 Å². The number of fused-ring (bicyclic) bond motifs is 1. The van der Waals surface area contributed by atoms with Crippen molar-refractivity contribution in [3.05, 3.63) is 53.9 Å². The van der Waals surface area contributed by atoms with E-state index in [4.69, 9.17) is 19.6 Å². The molecule has 0 radical (unpaired) electrons. The monoisotopic (exact) mass is 638 g/mol. The largest absolute Gasteiger partial charge is 0.466 e. The first-order valence-electron chi connectivity index (χ1n) is 14.9. The highest BCUT2D eigenvalue weighted by atomic mass is 16.6. The van der Waals surface area contributed by atoms with Crippen molar-refractivity contribution in [3.8, 4) is 0 Å². The molecular weight excluding hydrogens is 596 g/mol. The number of anilines is 2. The Labute approximate surface area is 268 Å². The number of hydrogen-bond acceptors (Lipinski definition) is 10. The summed E-state index contributed by atoms with van der Waals surface area (Å²) in [5.41, 5.74) is 0.169. The fraction of sp³-hybridized carbons (Fsp3) is 0.469. The van der Waals surface area contributed by atoms with Crippen LogP contribution in [0.25, 0.3) is 0 Å². The molecule has 4 amide bonds. The zero-order valence-electron chi connectivity index (χ0n) is 27.3. The summed E-state index contributed by atoms with van der Waals surface area (Å²) in [6.07, 6.45) is 1.04. The lowest BCUT2D eigenvalue weighted by atomic mass is 10.1. The zero-order valence-corrected chi connectivity index (χ0v) is 27.3. The van der Waals surface area contributed by atoms with E-state index in [0.29, 0.717) is 17.7 Å². The van der Waals surface area contributed by atoms with Crippen LogP contribution in [0, 0.1) is 5.41 Å². The number of guanidine groups is 1. The maximum Gasteiger partial charge on any atom is 0.421 e. The van der Waals surface area contributed by atoms with E-state index in [1.54, 1.807) is 78.9 Å². The predicted molar refractivity (Wildman–Crippen MR) is 169 cm³/mol. The van der Waals surface area contributed by atoms with Gasteiger partial charge in [-0.2, -0.15) is 0 Å². The lowest BCUT2D eigenvalue weighted by Crippen LogP contribution is -2.49. The third-order valence-corrected chi connectivity index (χ3v) is 6.35. The molecule has 0 fully saturated rings. The molecule has 46 heavy (non-hydrogen) atoms. The van der Waals surface area contributed by atoms with E-state index in [-0.39, 0.29) is 25.3 Å². The van der Waals surface area contributed by atoms with Crippen LogP contribution in [0.4, 0.5) is 21.0 Å². The van der Waals surface area contributed by atoms with Gasteiger partial charge >= 0.3 is 18.2 Å². The van der Waals surface area contributed by atoms with Crippen LogP contribution in [0.1, 0.15) is 78.5 Å². The van der Waals surface area contributed by atoms with Gasteiger partial charge in [0.15, 0.2) is 0 Å². The molecule has 0 spiro atoms. The van der Waals surface area contributed by atoms with E-state index in [1.807, 2.05) is 0 Å². The molecule has 2 aromatic rings. The highest BCUT2D eigenvalue weighted by molar-refractivity contribution is 6.16. The molecule has 248 valence electrons. The Morgan fingerprint density at radius 2 is 1.74 bits per heavy atom. The third-order valence-electron chi connectivity index (χ3n) is 6.35. The molecule has 1 aromatic carbocycles. The Bertz CT molecular complexity index is 1470. The number of aromatic nitrogens is 1. The van der Waals surface area contributed by atoms with Crippen molar-refractivity contribution in [3.63, 3.8) is 0 Å². The Hall–Kier alpha value is -5.01. The molecule has 1 atom stereocenters. The maximum atomic E-state index is 13.4. The Balaban J connectivity index is 1.82. The number of hydrogen-bond donors (Lipinski definition) is 3. The van der Waals surface area contributed by atoms with Gasteiger partial charge in [-0.05, 0) is 84.2 Å². The first-order chi connectivity index (χ1) is 21.5. The number of benzene rings is 1. The predicted octanol–water partition coefficient (Wildman–Crippen LogP) is 4.37. The number of esters is 1. The van der Waals surface area contributed by atoms with Crippen LogP contribution in [0.5, 0.6) is 0 Å². The van der Waals surface area contributed by atoms with Crippen molar-refractivity contribution in [2.24, 2.45) is 0 Å². The van der Waals surface area contributed by atoms with E-state index in [9.17, 15) is 24.0 Å². The van der Waals surface area contributed by atoms with Gasteiger partial charge in [0.25, 0.3) is 0 Å². The molecule has 1 aromatic heterocycles. The standard InChI is InChI=1S/C32H42N6O8/c1-8-44-27(41)17-23(21-10-9-14-34-19-21)35-25(39)18-26(40)37-15-13-20-11-12-22(16-24(20)37)38(30(43)46-32(5,6)7)28(33)36-29(42)45-31(2,3)4/h9-12,14,16,19,23H,8,13,15,17-18H2,1-7H3,(H,35,39)(H2,33,36,42). The third kappa shape index (κ3) is 10.3. The van der Waals surface area contributed by atoms with Crippen LogP contribution >= 0.6 is 0 Å². The molecule has 0 saturated carbocycles. The van der Waals surface area contributed by atoms with Gasteiger partial charge in [0, 0.05) is 24.6 Å². The van der Waals surface area contributed by atoms with Crippen LogP contribution in [-0.4, -0.2) is 65.3 Å². The average molecular weight is 639 g/mol. The Kier molecular flexibility index (Phi) is 11.4. The quantitative estimate of drug-likeness (QED) is 0.124. The zero-order chi connectivity index (χ0) is 34.2. The van der Waals surface area contributed by atoms with Crippen LogP contribution in [-0.2, 0) is 35.0 Å². The van der Waals surface area contributed by atoms with E-state index >= 15 is 0 Å². The van der Waals surface area contributed by atoms with Crippen LogP contribution < -0.4 is 20.4 Å². The number of pyridine rings is 1. The number of carbonyl (C=O) groups excluding carboxylic acids is 5. The first-order valence-corrected chi connectivity index (χ1v) is 14.9. The SMILES string of the molecule is CCOC(=O)CC(NC(=O)CC(=O)N1CCc2ccc(N(C(=N)NC(=O)OC(C)(C)C)C(=O)OC(C)(C)C)cc21)c1cccnc1. The number of nitrogens with one attached hydrogen (secondary N) is 3. The summed E-state index contributed by atoms with van der Waals surface area (Å²) in [5, 5.41) is 13.5. The molecule has 14 heteroatoms. The van der Waals surface area contributed by atoms with Crippen molar-refractivity contribution in [1.82, 2.24) is 15.6 Å². The Morgan fingerprint density at radius 3 is 2.35 bits per heavy atom. The van der Waals surface area contributed by atoms with Crippen LogP contribution in [0.2, 0.25) is 0 Å². The molecule has 0 aliphatic carbocycles. The van der Waals surface area contributed by atoms with Crippen molar-refractivity contribution in [2.75, 3.05) is 23.0 Å². The summed E-state index contributed by atoms with van der Waals surface area (Å²) in [4.78, 5) is 70.7. The molecule has 1 aliphatic heterocycles. The maximum absolute atomic E-state index is 13.4. The molecule has 3 rings (SSSR count). The van der Waals surface area contributed by atoms with Gasteiger partial charge in [-0.1, -0.05) is 12.1 Å². The number of rotatable bonds is 8. The fourth-order valence-electron chi connectivity index (χ4n) is 4.55. The second-order valence-electron chi connectivity index (χ2n) is 12.5. The number of alkyl carbamates (subject to hydrolysis) is 1. The summed E-state index contributed by atoms with van der Waals surface area (Å²) in [7, 11) is 0. The number of carbonyl (C=O) groups is 5. The minimum Gasteiger partial charge on any atom is -0.466 e. The first kappa shape index (κ1) is 35.5. The highest BCUT2D eigenvalue weighted by Crippen LogP contribution is 2.33.